The predicted molar refractivity (Wildman–Crippen MR) is 59.7 cm³/mol. The lowest BCUT2D eigenvalue weighted by atomic mass is 10.2. The summed E-state index contributed by atoms with van der Waals surface area (Å²) < 4.78 is 0. The molecule has 0 fully saturated rings. The van der Waals surface area contributed by atoms with E-state index < -0.39 is 0 Å². The van der Waals surface area contributed by atoms with E-state index in [0.717, 1.165) is 16.3 Å². The first-order valence-electron chi connectivity index (χ1n) is 4.50. The fraction of sp³-hybridized carbons (Fsp3) is 0.400. The van der Waals surface area contributed by atoms with Crippen LogP contribution in [0.1, 0.15) is 5.56 Å². The third kappa shape index (κ3) is 3.18. The van der Waals surface area contributed by atoms with Crippen molar-refractivity contribution in [2.24, 2.45) is 5.73 Å². The van der Waals surface area contributed by atoms with Gasteiger partial charge < -0.3 is 16.2 Å². The zero-order chi connectivity index (χ0) is 10.6. The Bertz CT molecular complexity index is 304. The number of hydrogen-bond donors (Lipinski definition) is 3. The number of anilines is 1. The SMILES string of the molecule is Cc1cc(Cl)ccc1NCC(N)CO. The molecule has 0 bridgehead atoms. The smallest absolute Gasteiger partial charge is 0.0599 e. The lowest BCUT2D eigenvalue weighted by molar-refractivity contribution is 0.270. The second-order valence-corrected chi connectivity index (χ2v) is 3.72. The van der Waals surface area contributed by atoms with Crippen LogP contribution in [0.25, 0.3) is 0 Å². The highest BCUT2D eigenvalue weighted by Gasteiger charge is 2.02. The van der Waals surface area contributed by atoms with E-state index >= 15 is 0 Å². The maximum absolute atomic E-state index is 8.74. The molecule has 0 aliphatic carbocycles. The quantitative estimate of drug-likeness (QED) is 0.710. The van der Waals surface area contributed by atoms with Gasteiger partial charge in [0.2, 0.25) is 0 Å². The van der Waals surface area contributed by atoms with Crippen molar-refractivity contribution in [3.63, 3.8) is 0 Å². The van der Waals surface area contributed by atoms with Gasteiger partial charge in [0.1, 0.15) is 0 Å². The molecule has 14 heavy (non-hydrogen) atoms. The Hall–Kier alpha value is -0.770. The first-order valence-corrected chi connectivity index (χ1v) is 4.87. The van der Waals surface area contributed by atoms with Gasteiger partial charge in [0.05, 0.1) is 6.61 Å². The van der Waals surface area contributed by atoms with Crippen molar-refractivity contribution >= 4 is 17.3 Å². The van der Waals surface area contributed by atoms with Gasteiger partial charge in [-0.05, 0) is 30.7 Å². The van der Waals surface area contributed by atoms with E-state index in [-0.39, 0.29) is 12.6 Å². The van der Waals surface area contributed by atoms with Gasteiger partial charge in [0.15, 0.2) is 0 Å². The van der Waals surface area contributed by atoms with E-state index in [1.54, 1.807) is 0 Å². The minimum atomic E-state index is -0.231. The molecular weight excluding hydrogens is 200 g/mol. The number of aliphatic hydroxyl groups is 1. The molecule has 3 nitrogen and oxygen atoms in total. The van der Waals surface area contributed by atoms with Crippen molar-refractivity contribution in [3.8, 4) is 0 Å². The van der Waals surface area contributed by atoms with Crippen LogP contribution in [0.4, 0.5) is 5.69 Å². The van der Waals surface area contributed by atoms with Gasteiger partial charge in [0.25, 0.3) is 0 Å². The van der Waals surface area contributed by atoms with Crippen LogP contribution >= 0.6 is 11.6 Å². The van der Waals surface area contributed by atoms with Crippen LogP contribution < -0.4 is 11.1 Å². The van der Waals surface area contributed by atoms with Gasteiger partial charge in [-0.25, -0.2) is 0 Å². The van der Waals surface area contributed by atoms with Gasteiger partial charge in [-0.1, -0.05) is 11.6 Å². The fourth-order valence-corrected chi connectivity index (χ4v) is 1.36. The average Bonchev–Trinajstić information content (AvgIpc) is 2.16. The topological polar surface area (TPSA) is 58.3 Å². The first kappa shape index (κ1) is 11.3. The van der Waals surface area contributed by atoms with Crippen LogP contribution in [-0.4, -0.2) is 24.3 Å². The Morgan fingerprint density at radius 3 is 2.86 bits per heavy atom. The highest BCUT2D eigenvalue weighted by molar-refractivity contribution is 6.30. The van der Waals surface area contributed by atoms with Gasteiger partial charge >= 0.3 is 0 Å². The third-order valence-corrected chi connectivity index (χ3v) is 2.21. The van der Waals surface area contributed by atoms with Crippen LogP contribution in [0.2, 0.25) is 5.02 Å². The number of rotatable bonds is 4. The predicted octanol–water partition coefficient (Wildman–Crippen LogP) is 1.38. The Balaban J connectivity index is 2.59. The molecule has 0 aromatic heterocycles. The maximum Gasteiger partial charge on any atom is 0.0599 e. The molecule has 78 valence electrons. The number of hydrogen-bond acceptors (Lipinski definition) is 3. The van der Waals surface area contributed by atoms with Gasteiger partial charge in [0, 0.05) is 23.3 Å². The Kier molecular flexibility index (Phi) is 4.20. The summed E-state index contributed by atoms with van der Waals surface area (Å²) in [7, 11) is 0. The van der Waals surface area contributed by atoms with Crippen LogP contribution in [0.5, 0.6) is 0 Å². The molecule has 0 aliphatic rings. The molecule has 0 radical (unpaired) electrons. The van der Waals surface area contributed by atoms with E-state index in [1.807, 2.05) is 25.1 Å². The van der Waals surface area contributed by atoms with E-state index in [0.29, 0.717) is 6.54 Å². The normalized spacial score (nSPS) is 12.6. The van der Waals surface area contributed by atoms with Gasteiger partial charge in [-0.15, -0.1) is 0 Å². The molecule has 0 saturated heterocycles. The molecule has 0 saturated carbocycles. The van der Waals surface area contributed by atoms with Crippen molar-refractivity contribution in [2.45, 2.75) is 13.0 Å². The van der Waals surface area contributed by atoms with Crippen molar-refractivity contribution in [3.05, 3.63) is 28.8 Å². The molecule has 1 rings (SSSR count). The fourth-order valence-electron chi connectivity index (χ4n) is 1.13. The second-order valence-electron chi connectivity index (χ2n) is 3.28. The Morgan fingerprint density at radius 1 is 1.57 bits per heavy atom. The number of nitrogens with one attached hydrogen (secondary N) is 1. The molecule has 1 aromatic carbocycles. The van der Waals surface area contributed by atoms with E-state index in [4.69, 9.17) is 22.4 Å². The van der Waals surface area contributed by atoms with E-state index in [1.165, 1.54) is 0 Å². The first-order chi connectivity index (χ1) is 6.63. The summed E-state index contributed by atoms with van der Waals surface area (Å²) in [6.07, 6.45) is 0. The third-order valence-electron chi connectivity index (χ3n) is 1.98. The lowest BCUT2D eigenvalue weighted by Crippen LogP contribution is -2.32. The van der Waals surface area contributed by atoms with E-state index in [9.17, 15) is 0 Å². The van der Waals surface area contributed by atoms with Crippen LogP contribution in [0, 0.1) is 6.92 Å². The molecule has 1 unspecified atom stereocenters. The number of benzene rings is 1. The molecule has 4 heteroatoms. The maximum atomic E-state index is 8.74. The summed E-state index contributed by atoms with van der Waals surface area (Å²) in [6.45, 7) is 2.51. The van der Waals surface area contributed by atoms with Crippen molar-refractivity contribution < 1.29 is 5.11 Å². The Morgan fingerprint density at radius 2 is 2.29 bits per heavy atom. The molecular formula is C10H15ClN2O. The second kappa shape index (κ2) is 5.20. The monoisotopic (exact) mass is 214 g/mol. The van der Waals surface area contributed by atoms with Gasteiger partial charge in [-0.2, -0.15) is 0 Å². The van der Waals surface area contributed by atoms with Crippen molar-refractivity contribution in [1.82, 2.24) is 0 Å². The van der Waals surface area contributed by atoms with Gasteiger partial charge in [-0.3, -0.25) is 0 Å². The molecule has 0 aliphatic heterocycles. The van der Waals surface area contributed by atoms with Crippen molar-refractivity contribution in [1.29, 1.82) is 0 Å². The number of aryl methyl sites for hydroxylation is 1. The standard InChI is InChI=1S/C10H15ClN2O/c1-7-4-8(11)2-3-10(7)13-5-9(12)6-14/h2-4,9,13-14H,5-6,12H2,1H3. The largest absolute Gasteiger partial charge is 0.395 e. The molecule has 0 heterocycles. The lowest BCUT2D eigenvalue weighted by Gasteiger charge is -2.13. The Labute approximate surface area is 88.9 Å². The molecule has 1 atom stereocenters. The number of aliphatic hydroxyl groups excluding tert-OH is 1. The van der Waals surface area contributed by atoms with E-state index in [2.05, 4.69) is 5.32 Å². The summed E-state index contributed by atoms with van der Waals surface area (Å²) in [5.74, 6) is 0. The summed E-state index contributed by atoms with van der Waals surface area (Å²) in [4.78, 5) is 0. The van der Waals surface area contributed by atoms with Crippen LogP contribution in [0.3, 0.4) is 0 Å². The highest BCUT2D eigenvalue weighted by atomic mass is 35.5. The molecule has 1 aromatic rings. The molecule has 4 N–H and O–H groups in total. The minimum Gasteiger partial charge on any atom is -0.395 e. The van der Waals surface area contributed by atoms with Crippen LogP contribution in [-0.2, 0) is 0 Å². The summed E-state index contributed by atoms with van der Waals surface area (Å²) in [5.41, 5.74) is 7.63. The van der Waals surface area contributed by atoms with Crippen LogP contribution in [0.15, 0.2) is 18.2 Å². The highest BCUT2D eigenvalue weighted by Crippen LogP contribution is 2.19. The number of halogens is 1. The molecule has 0 amide bonds. The summed E-state index contributed by atoms with van der Waals surface area (Å²) >= 11 is 5.81. The van der Waals surface area contributed by atoms with Crippen molar-refractivity contribution in [2.75, 3.05) is 18.5 Å². The summed E-state index contributed by atoms with van der Waals surface area (Å²) in [5, 5.41) is 12.6. The zero-order valence-corrected chi connectivity index (χ0v) is 8.88. The molecule has 0 spiro atoms. The number of nitrogens with two attached hydrogens (primary N) is 1. The summed E-state index contributed by atoms with van der Waals surface area (Å²) in [6, 6.07) is 5.38. The average molecular weight is 215 g/mol. The minimum absolute atomic E-state index is 0.0142. The zero-order valence-electron chi connectivity index (χ0n) is 8.13.